The molecule has 1 aliphatic rings. The summed E-state index contributed by atoms with van der Waals surface area (Å²) in [5, 5.41) is 13.8. The third kappa shape index (κ3) is 5.49. The Hall–Kier alpha value is -2.73. The minimum atomic E-state index is -0.253. The van der Waals surface area contributed by atoms with Gasteiger partial charge in [-0.25, -0.2) is 4.98 Å². The fourth-order valence-corrected chi connectivity index (χ4v) is 4.82. The van der Waals surface area contributed by atoms with Gasteiger partial charge in [-0.1, -0.05) is 6.07 Å². The number of H-pyrrole nitrogens is 1. The number of likely N-dealkylation sites (tertiary alicyclic amines) is 1. The predicted molar refractivity (Wildman–Crippen MR) is 143 cm³/mol. The fourth-order valence-electron chi connectivity index (χ4n) is 4.43. The summed E-state index contributed by atoms with van der Waals surface area (Å²) in [5.41, 5.74) is 11.2. The highest BCUT2D eigenvalue weighted by Crippen LogP contribution is 2.34. The zero-order valence-corrected chi connectivity index (χ0v) is 22.1. The third-order valence-electron chi connectivity index (χ3n) is 6.48. The number of nitrogens with one attached hydrogen (secondary N) is 3. The lowest BCUT2D eigenvalue weighted by molar-refractivity contribution is -0.123. The Labute approximate surface area is 213 Å². The van der Waals surface area contributed by atoms with Crippen molar-refractivity contribution in [1.29, 1.82) is 0 Å². The SMILES string of the molecule is Cc1cc(Nc2nc(Nc3cc(C)c(C4CCN([C@@H](C)C(N)=O)CC4)cc3C)ncc2I)n[nH]1. The van der Waals surface area contributed by atoms with Crippen molar-refractivity contribution in [3.63, 3.8) is 0 Å². The average Bonchev–Trinajstić information content (AvgIpc) is 3.22. The van der Waals surface area contributed by atoms with Gasteiger partial charge in [0.25, 0.3) is 0 Å². The molecule has 1 atom stereocenters. The summed E-state index contributed by atoms with van der Waals surface area (Å²) >= 11 is 2.21. The molecule has 0 aliphatic carbocycles. The molecule has 0 bridgehead atoms. The second-order valence-electron chi connectivity index (χ2n) is 8.99. The van der Waals surface area contributed by atoms with Crippen LogP contribution in [-0.2, 0) is 4.79 Å². The predicted octanol–water partition coefficient (Wildman–Crippen LogP) is 4.27. The second kappa shape index (κ2) is 10.3. The summed E-state index contributed by atoms with van der Waals surface area (Å²) in [5.74, 6) is 2.17. The molecule has 0 unspecified atom stereocenters. The Morgan fingerprint density at radius 2 is 1.91 bits per heavy atom. The highest BCUT2D eigenvalue weighted by molar-refractivity contribution is 14.1. The Bertz CT molecular complexity index is 1190. The molecule has 2 aromatic heterocycles. The maximum atomic E-state index is 11.5. The van der Waals surface area contributed by atoms with E-state index in [0.29, 0.717) is 23.5 Å². The van der Waals surface area contributed by atoms with Crippen molar-refractivity contribution in [2.24, 2.45) is 5.73 Å². The molecule has 9 nitrogen and oxygen atoms in total. The number of piperidine rings is 1. The number of anilines is 4. The van der Waals surface area contributed by atoms with Gasteiger partial charge >= 0.3 is 0 Å². The van der Waals surface area contributed by atoms with E-state index >= 15 is 0 Å². The standard InChI is InChI=1S/C24H31IN8O/c1-13-10-20(14(2)9-18(13)17-5-7-33(8-6-17)16(4)22(26)34)28-24-27-12-19(25)23(30-24)29-21-11-15(3)31-32-21/h9-12,16-17H,5-8H2,1-4H3,(H2,26,34)(H3,27,28,29,30,31,32)/t16-/m0/s1. The lowest BCUT2D eigenvalue weighted by atomic mass is 9.85. The van der Waals surface area contributed by atoms with Crippen LogP contribution in [0.15, 0.2) is 24.4 Å². The molecule has 1 aliphatic heterocycles. The van der Waals surface area contributed by atoms with Crippen LogP contribution in [0, 0.1) is 24.3 Å². The number of benzene rings is 1. The van der Waals surface area contributed by atoms with E-state index in [-0.39, 0.29) is 11.9 Å². The molecule has 180 valence electrons. The van der Waals surface area contributed by atoms with E-state index in [1.165, 1.54) is 11.1 Å². The number of carbonyl (C=O) groups is 1. The van der Waals surface area contributed by atoms with Crippen molar-refractivity contribution >= 4 is 51.8 Å². The smallest absolute Gasteiger partial charge is 0.234 e. The van der Waals surface area contributed by atoms with E-state index in [0.717, 1.165) is 46.4 Å². The van der Waals surface area contributed by atoms with Crippen molar-refractivity contribution in [3.05, 3.63) is 50.4 Å². The summed E-state index contributed by atoms with van der Waals surface area (Å²) in [6.07, 6.45) is 3.83. The number of aromatic amines is 1. The topological polar surface area (TPSA) is 125 Å². The van der Waals surface area contributed by atoms with Crippen LogP contribution < -0.4 is 16.4 Å². The number of halogens is 1. The number of nitrogens with two attached hydrogens (primary N) is 1. The van der Waals surface area contributed by atoms with Gasteiger partial charge in [0.2, 0.25) is 11.9 Å². The first kappa shape index (κ1) is 24.4. The Kier molecular flexibility index (Phi) is 7.36. The van der Waals surface area contributed by atoms with Gasteiger partial charge < -0.3 is 16.4 Å². The minimum Gasteiger partial charge on any atom is -0.368 e. The second-order valence-corrected chi connectivity index (χ2v) is 10.2. The molecule has 3 heterocycles. The van der Waals surface area contributed by atoms with E-state index in [9.17, 15) is 4.79 Å². The highest BCUT2D eigenvalue weighted by atomic mass is 127. The molecule has 0 saturated carbocycles. The highest BCUT2D eigenvalue weighted by Gasteiger charge is 2.27. The first-order chi connectivity index (χ1) is 16.2. The normalized spacial score (nSPS) is 15.8. The van der Waals surface area contributed by atoms with Gasteiger partial charge in [-0.15, -0.1) is 0 Å². The Morgan fingerprint density at radius 1 is 1.18 bits per heavy atom. The van der Waals surface area contributed by atoms with Gasteiger partial charge in [0.1, 0.15) is 0 Å². The molecular weight excluding hydrogens is 543 g/mol. The molecule has 1 aromatic carbocycles. The summed E-state index contributed by atoms with van der Waals surface area (Å²) in [7, 11) is 0. The van der Waals surface area contributed by atoms with Crippen molar-refractivity contribution in [1.82, 2.24) is 25.1 Å². The number of hydrogen-bond donors (Lipinski definition) is 4. The largest absolute Gasteiger partial charge is 0.368 e. The van der Waals surface area contributed by atoms with Crippen LogP contribution in [0.2, 0.25) is 0 Å². The van der Waals surface area contributed by atoms with Gasteiger partial charge in [-0.3, -0.25) is 14.8 Å². The molecular formula is C24H31IN8O. The molecule has 3 aromatic rings. The first-order valence-electron chi connectivity index (χ1n) is 11.4. The number of amides is 1. The fraction of sp³-hybridized carbons (Fsp3) is 0.417. The van der Waals surface area contributed by atoms with Crippen LogP contribution in [0.3, 0.4) is 0 Å². The Morgan fingerprint density at radius 3 is 2.56 bits per heavy atom. The van der Waals surface area contributed by atoms with Crippen molar-refractivity contribution in [3.8, 4) is 0 Å². The number of hydrogen-bond acceptors (Lipinski definition) is 7. The molecule has 5 N–H and O–H groups in total. The van der Waals surface area contributed by atoms with Crippen molar-refractivity contribution < 1.29 is 4.79 Å². The summed E-state index contributed by atoms with van der Waals surface area (Å²) in [4.78, 5) is 22.8. The maximum Gasteiger partial charge on any atom is 0.234 e. The summed E-state index contributed by atoms with van der Waals surface area (Å²) < 4.78 is 0.907. The van der Waals surface area contributed by atoms with Gasteiger partial charge in [0, 0.05) is 23.6 Å². The monoisotopic (exact) mass is 574 g/mol. The van der Waals surface area contributed by atoms with Crippen molar-refractivity contribution in [2.75, 3.05) is 23.7 Å². The zero-order chi connectivity index (χ0) is 24.4. The molecule has 10 heteroatoms. The average molecular weight is 574 g/mol. The Balaban J connectivity index is 1.47. The quantitative estimate of drug-likeness (QED) is 0.311. The van der Waals surface area contributed by atoms with Crippen LogP contribution in [0.25, 0.3) is 0 Å². The number of rotatable bonds is 7. The lowest BCUT2D eigenvalue weighted by Crippen LogP contribution is -2.46. The summed E-state index contributed by atoms with van der Waals surface area (Å²) in [6, 6.07) is 6.17. The maximum absolute atomic E-state index is 11.5. The number of aromatic nitrogens is 4. The van der Waals surface area contributed by atoms with E-state index in [1.807, 2.05) is 19.9 Å². The van der Waals surface area contributed by atoms with Gasteiger partial charge in [0.05, 0.1) is 9.61 Å². The van der Waals surface area contributed by atoms with E-state index in [1.54, 1.807) is 6.20 Å². The van der Waals surface area contributed by atoms with Gasteiger partial charge in [-0.2, -0.15) is 10.1 Å². The van der Waals surface area contributed by atoms with Crippen LogP contribution in [0.1, 0.15) is 48.1 Å². The first-order valence-corrected chi connectivity index (χ1v) is 12.5. The van der Waals surface area contributed by atoms with E-state index < -0.39 is 0 Å². The molecule has 4 rings (SSSR count). The lowest BCUT2D eigenvalue weighted by Gasteiger charge is -2.35. The molecule has 34 heavy (non-hydrogen) atoms. The van der Waals surface area contributed by atoms with Crippen LogP contribution in [0.5, 0.6) is 0 Å². The summed E-state index contributed by atoms with van der Waals surface area (Å²) in [6.45, 7) is 9.87. The molecule has 1 fully saturated rings. The molecule has 0 radical (unpaired) electrons. The third-order valence-corrected chi connectivity index (χ3v) is 7.27. The van der Waals surface area contributed by atoms with Gasteiger partial charge in [0.15, 0.2) is 11.6 Å². The number of primary amides is 1. The van der Waals surface area contributed by atoms with Crippen LogP contribution >= 0.6 is 22.6 Å². The molecule has 1 saturated heterocycles. The minimum absolute atomic E-state index is 0.208. The number of aryl methyl sites for hydroxylation is 3. The molecule has 1 amide bonds. The van der Waals surface area contributed by atoms with Crippen molar-refractivity contribution in [2.45, 2.75) is 52.5 Å². The zero-order valence-electron chi connectivity index (χ0n) is 19.9. The van der Waals surface area contributed by atoms with E-state index in [2.05, 4.69) is 84.3 Å². The van der Waals surface area contributed by atoms with Crippen LogP contribution in [0.4, 0.5) is 23.3 Å². The molecule has 0 spiro atoms. The van der Waals surface area contributed by atoms with E-state index in [4.69, 9.17) is 5.73 Å². The van der Waals surface area contributed by atoms with Crippen LogP contribution in [-0.4, -0.2) is 50.1 Å². The van der Waals surface area contributed by atoms with Gasteiger partial charge in [-0.05, 0) is 105 Å². The number of carbonyl (C=O) groups excluding carboxylic acids is 1. The number of nitrogens with zero attached hydrogens (tertiary/aromatic N) is 4.